The molecule has 2 fully saturated rings. The Kier molecular flexibility index (Phi) is 8.02. The molecule has 0 spiro atoms. The van der Waals surface area contributed by atoms with Crippen LogP contribution >= 0.6 is 11.6 Å². The number of benzene rings is 1. The average Bonchev–Trinajstić information content (AvgIpc) is 2.93. The summed E-state index contributed by atoms with van der Waals surface area (Å²) < 4.78 is 5.72. The zero-order chi connectivity index (χ0) is 25.1. The minimum absolute atomic E-state index is 0.0276. The van der Waals surface area contributed by atoms with Crippen LogP contribution in [0.25, 0.3) is 0 Å². The van der Waals surface area contributed by atoms with Gasteiger partial charge in [0, 0.05) is 42.8 Å². The van der Waals surface area contributed by atoms with E-state index in [2.05, 4.69) is 55.1 Å². The van der Waals surface area contributed by atoms with E-state index in [1.165, 1.54) is 11.1 Å². The van der Waals surface area contributed by atoms with Crippen molar-refractivity contribution in [2.24, 2.45) is 11.8 Å². The lowest BCUT2D eigenvalue weighted by Gasteiger charge is -2.49. The smallest absolute Gasteiger partial charge is 0.226 e. The van der Waals surface area contributed by atoms with Crippen molar-refractivity contribution in [1.29, 1.82) is 0 Å². The molecule has 5 heteroatoms. The minimum atomic E-state index is -0.159. The van der Waals surface area contributed by atoms with Gasteiger partial charge in [-0.05, 0) is 86.8 Å². The number of amides is 1. The van der Waals surface area contributed by atoms with Crippen LogP contribution in [0.1, 0.15) is 88.0 Å². The molecule has 0 saturated carbocycles. The first-order chi connectivity index (χ1) is 17.6. The van der Waals surface area contributed by atoms with Gasteiger partial charge in [-0.3, -0.25) is 4.79 Å². The molecule has 1 aromatic carbocycles. The quantitative estimate of drug-likeness (QED) is 0.396. The van der Waals surface area contributed by atoms with Crippen molar-refractivity contribution in [2.45, 2.75) is 89.0 Å². The molecule has 1 aliphatic carbocycles. The predicted molar refractivity (Wildman–Crippen MR) is 145 cm³/mol. The number of ether oxygens (including phenoxy) is 1. The summed E-state index contributed by atoms with van der Waals surface area (Å²) in [5, 5.41) is 0.558. The number of carbonyl (C=O) groups excluding carboxylic acids is 1. The third-order valence-electron chi connectivity index (χ3n) is 9.53. The maximum absolute atomic E-state index is 14.6. The first-order valence-electron chi connectivity index (χ1n) is 14.2. The van der Waals surface area contributed by atoms with Gasteiger partial charge in [-0.15, -0.1) is 0 Å². The zero-order valence-electron chi connectivity index (χ0n) is 21.9. The Morgan fingerprint density at radius 3 is 2.64 bits per heavy atom. The van der Waals surface area contributed by atoms with Crippen molar-refractivity contribution in [3.05, 3.63) is 64.4 Å². The first kappa shape index (κ1) is 25.7. The van der Waals surface area contributed by atoms with Crippen molar-refractivity contribution in [3.8, 4) is 0 Å². The summed E-state index contributed by atoms with van der Waals surface area (Å²) >= 11 is 6.28. The molecule has 0 N–H and O–H groups in total. The molecule has 0 radical (unpaired) electrons. The molecule has 194 valence electrons. The fourth-order valence-corrected chi connectivity index (χ4v) is 7.81. The molecular weight excluding hydrogens is 468 g/mol. The second kappa shape index (κ2) is 11.2. The highest BCUT2D eigenvalue weighted by Crippen LogP contribution is 2.48. The molecule has 2 aliphatic heterocycles. The largest absolute Gasteiger partial charge is 0.381 e. The summed E-state index contributed by atoms with van der Waals surface area (Å²) in [5.41, 5.74) is 3.63. The second-order valence-corrected chi connectivity index (χ2v) is 11.5. The highest BCUT2D eigenvalue weighted by molar-refractivity contribution is 6.29. The lowest BCUT2D eigenvalue weighted by molar-refractivity contribution is -0.145. The van der Waals surface area contributed by atoms with Gasteiger partial charge in [-0.1, -0.05) is 61.8 Å². The summed E-state index contributed by atoms with van der Waals surface area (Å²) in [6.07, 6.45) is 9.08. The third-order valence-corrected chi connectivity index (χ3v) is 9.74. The van der Waals surface area contributed by atoms with Crippen molar-refractivity contribution < 1.29 is 9.53 Å². The maximum atomic E-state index is 14.6. The fourth-order valence-electron chi connectivity index (χ4n) is 7.65. The van der Waals surface area contributed by atoms with Crippen LogP contribution in [0.3, 0.4) is 0 Å². The van der Waals surface area contributed by atoms with E-state index >= 15 is 0 Å². The van der Waals surface area contributed by atoms with Crippen molar-refractivity contribution >= 4 is 17.5 Å². The minimum Gasteiger partial charge on any atom is -0.381 e. The highest BCUT2D eigenvalue weighted by atomic mass is 35.5. The number of hydrogen-bond donors (Lipinski definition) is 0. The van der Waals surface area contributed by atoms with E-state index in [1.54, 1.807) is 0 Å². The molecule has 36 heavy (non-hydrogen) atoms. The van der Waals surface area contributed by atoms with Crippen molar-refractivity contribution in [2.75, 3.05) is 19.8 Å². The summed E-state index contributed by atoms with van der Waals surface area (Å²) in [7, 11) is 0. The maximum Gasteiger partial charge on any atom is 0.226 e. The SMILES string of the molecule is CC[C@@H](C(=O)N1CC[C@@H](c2ccccc2)CC1C1CCOCC1)[C@]1(CC)CCCc2nc(Cl)ccc21. The Balaban J connectivity index is 1.47. The van der Waals surface area contributed by atoms with Gasteiger partial charge in [0.1, 0.15) is 5.15 Å². The Hall–Kier alpha value is -1.91. The molecule has 1 unspecified atom stereocenters. The number of nitrogens with zero attached hydrogens (tertiary/aromatic N) is 2. The molecule has 4 atom stereocenters. The lowest BCUT2D eigenvalue weighted by Crippen LogP contribution is -2.55. The van der Waals surface area contributed by atoms with Gasteiger partial charge in [-0.25, -0.2) is 4.98 Å². The molecule has 0 bridgehead atoms. The Morgan fingerprint density at radius 2 is 1.92 bits per heavy atom. The third kappa shape index (κ3) is 4.84. The summed E-state index contributed by atoms with van der Waals surface area (Å²) in [6, 6.07) is 15.3. The summed E-state index contributed by atoms with van der Waals surface area (Å²) in [4.78, 5) is 21.6. The summed E-state index contributed by atoms with van der Waals surface area (Å²) in [6.45, 7) is 6.95. The van der Waals surface area contributed by atoms with Crippen molar-refractivity contribution in [1.82, 2.24) is 9.88 Å². The fraction of sp³-hybridized carbons (Fsp3) is 0.613. The number of pyridine rings is 1. The molecular formula is C31H41ClN2O2. The number of aromatic nitrogens is 1. The Labute approximate surface area is 221 Å². The number of piperidine rings is 1. The molecule has 3 heterocycles. The van der Waals surface area contributed by atoms with Crippen LogP contribution in [0.4, 0.5) is 0 Å². The van der Waals surface area contributed by atoms with E-state index in [4.69, 9.17) is 21.3 Å². The van der Waals surface area contributed by atoms with Gasteiger partial charge in [0.15, 0.2) is 0 Å². The van der Waals surface area contributed by atoms with E-state index in [0.29, 0.717) is 22.9 Å². The number of likely N-dealkylation sites (tertiary alicyclic amines) is 1. The van der Waals surface area contributed by atoms with Crippen LogP contribution in [0.15, 0.2) is 42.5 Å². The zero-order valence-corrected chi connectivity index (χ0v) is 22.7. The Morgan fingerprint density at radius 1 is 1.14 bits per heavy atom. The summed E-state index contributed by atoms with van der Waals surface area (Å²) in [5.74, 6) is 1.37. The second-order valence-electron chi connectivity index (χ2n) is 11.1. The van der Waals surface area contributed by atoms with Crippen LogP contribution < -0.4 is 0 Å². The van der Waals surface area contributed by atoms with Crippen LogP contribution in [0.5, 0.6) is 0 Å². The van der Waals surface area contributed by atoms with Crippen LogP contribution in [0.2, 0.25) is 5.15 Å². The molecule has 4 nitrogen and oxygen atoms in total. The first-order valence-corrected chi connectivity index (χ1v) is 14.5. The molecule has 1 aromatic heterocycles. The van der Waals surface area contributed by atoms with Gasteiger partial charge < -0.3 is 9.64 Å². The number of hydrogen-bond acceptors (Lipinski definition) is 3. The monoisotopic (exact) mass is 508 g/mol. The van der Waals surface area contributed by atoms with Gasteiger partial charge in [0.25, 0.3) is 0 Å². The number of fused-ring (bicyclic) bond motifs is 1. The highest BCUT2D eigenvalue weighted by Gasteiger charge is 2.48. The van der Waals surface area contributed by atoms with Gasteiger partial charge in [0.2, 0.25) is 5.91 Å². The van der Waals surface area contributed by atoms with Crippen molar-refractivity contribution in [3.63, 3.8) is 0 Å². The Bertz CT molecular complexity index is 1040. The standard InChI is InChI=1S/C31H41ClN2O2/c1-3-25(31(4-2)17-8-11-27-26(31)12-13-29(32)33-27)30(35)34-18-14-24(22-9-6-5-7-10-22)21-28(34)23-15-19-36-20-16-23/h5-7,9-10,12-13,23-25,28H,3-4,8,11,14-21H2,1-2H3/t24-,25+,28?,31+/m1/s1. The van der Waals surface area contributed by atoms with E-state index in [-0.39, 0.29) is 17.4 Å². The normalized spacial score (nSPS) is 27.9. The number of rotatable bonds is 6. The number of aryl methyl sites for hydroxylation is 1. The van der Waals surface area contributed by atoms with Crippen LogP contribution in [0, 0.1) is 11.8 Å². The van der Waals surface area contributed by atoms with Crippen LogP contribution in [-0.4, -0.2) is 41.6 Å². The lowest BCUT2D eigenvalue weighted by atomic mass is 9.61. The van der Waals surface area contributed by atoms with Crippen LogP contribution in [-0.2, 0) is 21.4 Å². The van der Waals surface area contributed by atoms with E-state index in [0.717, 1.165) is 83.2 Å². The molecule has 1 amide bonds. The molecule has 2 aromatic rings. The van der Waals surface area contributed by atoms with Gasteiger partial charge in [0.05, 0.1) is 0 Å². The van der Waals surface area contributed by atoms with E-state index in [1.807, 2.05) is 6.07 Å². The number of halogens is 1. The van der Waals surface area contributed by atoms with Gasteiger partial charge >= 0.3 is 0 Å². The van der Waals surface area contributed by atoms with E-state index in [9.17, 15) is 4.79 Å². The van der Waals surface area contributed by atoms with Gasteiger partial charge in [-0.2, -0.15) is 0 Å². The topological polar surface area (TPSA) is 42.4 Å². The molecule has 5 rings (SSSR count). The molecule has 2 saturated heterocycles. The van der Waals surface area contributed by atoms with E-state index < -0.39 is 0 Å². The molecule has 3 aliphatic rings. The predicted octanol–water partition coefficient (Wildman–Crippen LogP) is 6.95. The number of carbonyl (C=O) groups is 1. The average molecular weight is 509 g/mol.